The molecule has 110 valence electrons. The van der Waals surface area contributed by atoms with Gasteiger partial charge in [0.05, 0.1) is 10.6 Å². The van der Waals surface area contributed by atoms with Crippen LogP contribution in [0, 0.1) is 11.8 Å². The summed E-state index contributed by atoms with van der Waals surface area (Å²) in [5, 5.41) is 2.75. The van der Waals surface area contributed by atoms with Crippen molar-refractivity contribution in [2.24, 2.45) is 17.6 Å². The molecule has 1 aromatic rings. The van der Waals surface area contributed by atoms with Crippen molar-refractivity contribution in [3.8, 4) is 0 Å². The van der Waals surface area contributed by atoms with E-state index in [1.54, 1.807) is 18.2 Å². The maximum Gasteiger partial charge on any atom is 0.227 e. The Kier molecular flexibility index (Phi) is 4.45. The molecule has 3 N–H and O–H groups in total. The van der Waals surface area contributed by atoms with Crippen LogP contribution in [-0.2, 0) is 14.6 Å². The predicted octanol–water partition coefficient (Wildman–Crippen LogP) is 1.40. The number of rotatable bonds is 4. The molecule has 0 heterocycles. The minimum absolute atomic E-state index is 0.118. The van der Waals surface area contributed by atoms with Crippen LogP contribution < -0.4 is 11.1 Å². The minimum atomic E-state index is -3.36. The number of nitrogens with one attached hydrogen (secondary N) is 1. The number of carbonyl (C=O) groups excluding carboxylic acids is 1. The van der Waals surface area contributed by atoms with E-state index < -0.39 is 9.84 Å². The van der Waals surface area contributed by atoms with Crippen molar-refractivity contribution in [2.75, 3.05) is 18.1 Å². The highest BCUT2D eigenvalue weighted by Crippen LogP contribution is 2.32. The second kappa shape index (κ2) is 5.93. The second-order valence-electron chi connectivity index (χ2n) is 5.29. The van der Waals surface area contributed by atoms with Crippen LogP contribution in [0.1, 0.15) is 19.3 Å². The first-order chi connectivity index (χ1) is 9.43. The number of para-hydroxylation sites is 1. The van der Waals surface area contributed by atoms with Gasteiger partial charge in [-0.25, -0.2) is 8.42 Å². The molecule has 0 radical (unpaired) electrons. The maximum absolute atomic E-state index is 12.3. The number of benzene rings is 1. The van der Waals surface area contributed by atoms with Crippen LogP contribution in [-0.4, -0.2) is 27.1 Å². The number of carbonyl (C=O) groups is 1. The molecule has 2 unspecified atom stereocenters. The third-order valence-corrected chi connectivity index (χ3v) is 5.00. The zero-order valence-corrected chi connectivity index (χ0v) is 12.3. The summed E-state index contributed by atoms with van der Waals surface area (Å²) in [5.74, 6) is -0.0536. The fraction of sp³-hybridized carbons (Fsp3) is 0.500. The molecule has 1 saturated carbocycles. The van der Waals surface area contributed by atoms with Crippen molar-refractivity contribution in [1.82, 2.24) is 0 Å². The number of anilines is 1. The Labute approximate surface area is 119 Å². The van der Waals surface area contributed by atoms with Gasteiger partial charge in [0.1, 0.15) is 0 Å². The fourth-order valence-corrected chi connectivity index (χ4v) is 3.63. The zero-order valence-electron chi connectivity index (χ0n) is 11.5. The van der Waals surface area contributed by atoms with Crippen LogP contribution in [0.15, 0.2) is 29.2 Å². The molecule has 0 aromatic heterocycles. The maximum atomic E-state index is 12.3. The second-order valence-corrected chi connectivity index (χ2v) is 7.27. The zero-order chi connectivity index (χ0) is 14.8. The number of hydrogen-bond acceptors (Lipinski definition) is 4. The van der Waals surface area contributed by atoms with Gasteiger partial charge < -0.3 is 11.1 Å². The van der Waals surface area contributed by atoms with E-state index in [0.717, 1.165) is 25.5 Å². The Hall–Kier alpha value is -1.40. The van der Waals surface area contributed by atoms with Gasteiger partial charge in [0.15, 0.2) is 9.84 Å². The van der Waals surface area contributed by atoms with Crippen LogP contribution in [0.4, 0.5) is 5.69 Å². The standard InChI is InChI=1S/C14H20N2O3S/c1-20(18,19)13-8-3-2-7-12(13)16-14(17)11-6-4-5-10(11)9-15/h2-3,7-8,10-11H,4-6,9,15H2,1H3,(H,16,17). The average Bonchev–Trinajstić information content (AvgIpc) is 2.86. The van der Waals surface area contributed by atoms with Gasteiger partial charge in [0.2, 0.25) is 5.91 Å². The van der Waals surface area contributed by atoms with Crippen LogP contribution >= 0.6 is 0 Å². The van der Waals surface area contributed by atoms with Crippen LogP contribution in [0.2, 0.25) is 0 Å². The highest BCUT2D eigenvalue weighted by Gasteiger charge is 2.32. The summed E-state index contributed by atoms with van der Waals surface area (Å²) in [6.45, 7) is 0.492. The topological polar surface area (TPSA) is 89.3 Å². The Morgan fingerprint density at radius 3 is 2.70 bits per heavy atom. The predicted molar refractivity (Wildman–Crippen MR) is 78.1 cm³/mol. The first-order valence-corrected chi connectivity index (χ1v) is 8.62. The molecule has 20 heavy (non-hydrogen) atoms. The Morgan fingerprint density at radius 2 is 2.05 bits per heavy atom. The molecule has 1 fully saturated rings. The Morgan fingerprint density at radius 1 is 1.35 bits per heavy atom. The molecule has 0 aliphatic heterocycles. The Balaban J connectivity index is 2.20. The van der Waals surface area contributed by atoms with Gasteiger partial charge in [-0.2, -0.15) is 0 Å². The average molecular weight is 296 g/mol. The van der Waals surface area contributed by atoms with E-state index in [2.05, 4.69) is 5.32 Å². The van der Waals surface area contributed by atoms with Gasteiger partial charge in [0, 0.05) is 12.2 Å². The lowest BCUT2D eigenvalue weighted by atomic mass is 9.95. The van der Waals surface area contributed by atoms with E-state index in [4.69, 9.17) is 5.73 Å². The minimum Gasteiger partial charge on any atom is -0.330 e. The summed E-state index contributed by atoms with van der Waals surface area (Å²) in [6.07, 6.45) is 3.90. The molecular weight excluding hydrogens is 276 g/mol. The highest BCUT2D eigenvalue weighted by molar-refractivity contribution is 7.90. The Bertz CT molecular complexity index is 598. The van der Waals surface area contributed by atoms with Gasteiger partial charge in [0.25, 0.3) is 0 Å². The van der Waals surface area contributed by atoms with Gasteiger partial charge in [-0.05, 0) is 37.4 Å². The monoisotopic (exact) mass is 296 g/mol. The van der Waals surface area contributed by atoms with E-state index in [1.807, 2.05) is 0 Å². The van der Waals surface area contributed by atoms with Crippen LogP contribution in [0.5, 0.6) is 0 Å². The molecular formula is C14H20N2O3S. The highest BCUT2D eigenvalue weighted by atomic mass is 32.2. The van der Waals surface area contributed by atoms with E-state index >= 15 is 0 Å². The van der Waals surface area contributed by atoms with E-state index in [0.29, 0.717) is 12.2 Å². The lowest BCUT2D eigenvalue weighted by Crippen LogP contribution is -2.30. The van der Waals surface area contributed by atoms with Crippen molar-refractivity contribution in [3.63, 3.8) is 0 Å². The first-order valence-electron chi connectivity index (χ1n) is 6.73. The third kappa shape index (κ3) is 3.19. The molecule has 1 aliphatic carbocycles. The van der Waals surface area contributed by atoms with E-state index in [9.17, 15) is 13.2 Å². The third-order valence-electron chi connectivity index (χ3n) is 3.84. The smallest absolute Gasteiger partial charge is 0.227 e. The molecule has 6 heteroatoms. The van der Waals surface area contributed by atoms with Crippen molar-refractivity contribution < 1.29 is 13.2 Å². The lowest BCUT2D eigenvalue weighted by molar-refractivity contribution is -0.120. The molecule has 1 amide bonds. The SMILES string of the molecule is CS(=O)(=O)c1ccccc1NC(=O)C1CCCC1CN. The van der Waals surface area contributed by atoms with Crippen molar-refractivity contribution in [3.05, 3.63) is 24.3 Å². The van der Waals surface area contributed by atoms with E-state index in [1.165, 1.54) is 6.07 Å². The molecule has 0 spiro atoms. The molecule has 2 atom stereocenters. The van der Waals surface area contributed by atoms with Gasteiger partial charge in [-0.15, -0.1) is 0 Å². The summed E-state index contributed by atoms with van der Waals surface area (Å²) in [7, 11) is -3.36. The van der Waals surface area contributed by atoms with Gasteiger partial charge >= 0.3 is 0 Å². The van der Waals surface area contributed by atoms with Gasteiger partial charge in [-0.1, -0.05) is 18.6 Å². The number of amides is 1. The van der Waals surface area contributed by atoms with Gasteiger partial charge in [-0.3, -0.25) is 4.79 Å². The molecule has 2 rings (SSSR count). The first kappa shape index (κ1) is 15.0. The van der Waals surface area contributed by atoms with Crippen molar-refractivity contribution in [1.29, 1.82) is 0 Å². The normalized spacial score (nSPS) is 22.7. The molecule has 5 nitrogen and oxygen atoms in total. The summed E-state index contributed by atoms with van der Waals surface area (Å²) >= 11 is 0. The summed E-state index contributed by atoms with van der Waals surface area (Å²) < 4.78 is 23.4. The van der Waals surface area contributed by atoms with Crippen LogP contribution in [0.25, 0.3) is 0 Å². The lowest BCUT2D eigenvalue weighted by Gasteiger charge is -2.18. The van der Waals surface area contributed by atoms with E-state index in [-0.39, 0.29) is 22.6 Å². The summed E-state index contributed by atoms with van der Waals surface area (Å²) in [4.78, 5) is 12.5. The fourth-order valence-electron chi connectivity index (χ4n) is 2.78. The van der Waals surface area contributed by atoms with Crippen molar-refractivity contribution >= 4 is 21.4 Å². The van der Waals surface area contributed by atoms with Crippen molar-refractivity contribution in [2.45, 2.75) is 24.2 Å². The molecule has 0 saturated heterocycles. The molecule has 1 aliphatic rings. The quantitative estimate of drug-likeness (QED) is 0.879. The van der Waals surface area contributed by atoms with Crippen LogP contribution in [0.3, 0.4) is 0 Å². The summed E-state index contributed by atoms with van der Waals surface area (Å²) in [6, 6.07) is 6.46. The summed E-state index contributed by atoms with van der Waals surface area (Å²) in [5.41, 5.74) is 6.03. The largest absolute Gasteiger partial charge is 0.330 e. The molecule has 1 aromatic carbocycles. The number of hydrogen-bond donors (Lipinski definition) is 2. The molecule has 0 bridgehead atoms. The number of sulfone groups is 1. The number of nitrogens with two attached hydrogens (primary N) is 1.